The zero-order valence-electron chi connectivity index (χ0n) is 13.4. The summed E-state index contributed by atoms with van der Waals surface area (Å²) in [5, 5.41) is 1.16. The molecule has 1 heterocycles. The normalized spacial score (nSPS) is 18.9. The highest BCUT2D eigenvalue weighted by Crippen LogP contribution is 2.23. The second kappa shape index (κ2) is 7.36. The van der Waals surface area contributed by atoms with Crippen LogP contribution in [0.2, 0.25) is 10.0 Å². The van der Waals surface area contributed by atoms with Crippen LogP contribution in [0.25, 0.3) is 0 Å². The van der Waals surface area contributed by atoms with E-state index >= 15 is 0 Å². The van der Waals surface area contributed by atoms with E-state index in [0.29, 0.717) is 28.6 Å². The van der Waals surface area contributed by atoms with E-state index in [-0.39, 0.29) is 23.5 Å². The highest BCUT2D eigenvalue weighted by Gasteiger charge is 2.35. The zero-order valence-corrected chi connectivity index (χ0v) is 15.7. The molecule has 0 radical (unpaired) electrons. The Hall–Kier alpha value is -1.56. The Morgan fingerprint density at radius 1 is 1.00 bits per heavy atom. The number of hydrogen-bond acceptors (Lipinski definition) is 3. The lowest BCUT2D eigenvalue weighted by atomic mass is 10.1. The van der Waals surface area contributed by atoms with Crippen molar-refractivity contribution in [3.05, 3.63) is 69.7 Å². The van der Waals surface area contributed by atoms with Crippen LogP contribution >= 0.6 is 23.2 Å². The van der Waals surface area contributed by atoms with Crippen molar-refractivity contribution in [2.24, 2.45) is 0 Å². The van der Waals surface area contributed by atoms with Gasteiger partial charge in [-0.1, -0.05) is 35.3 Å². The van der Waals surface area contributed by atoms with Crippen molar-refractivity contribution >= 4 is 38.9 Å². The van der Waals surface area contributed by atoms with Gasteiger partial charge in [-0.25, -0.2) is 8.42 Å². The predicted molar refractivity (Wildman–Crippen MR) is 99.8 cm³/mol. The van der Waals surface area contributed by atoms with E-state index in [1.54, 1.807) is 41.3 Å². The zero-order chi connectivity index (χ0) is 18.0. The average molecular weight is 398 g/mol. The third kappa shape index (κ3) is 4.54. The van der Waals surface area contributed by atoms with Gasteiger partial charge in [0, 0.05) is 28.2 Å². The van der Waals surface area contributed by atoms with Gasteiger partial charge in [0.15, 0.2) is 9.84 Å². The molecule has 1 atom stereocenters. The van der Waals surface area contributed by atoms with E-state index in [1.165, 1.54) is 0 Å². The number of hydrogen-bond donors (Lipinski definition) is 0. The predicted octanol–water partition coefficient (Wildman–Crippen LogP) is 3.82. The smallest absolute Gasteiger partial charge is 0.254 e. The van der Waals surface area contributed by atoms with Gasteiger partial charge < -0.3 is 4.90 Å². The lowest BCUT2D eigenvalue weighted by molar-refractivity contribution is 0.0681. The molecule has 4 nitrogen and oxygen atoms in total. The van der Waals surface area contributed by atoms with Gasteiger partial charge in [-0.3, -0.25) is 4.79 Å². The Morgan fingerprint density at radius 3 is 2.08 bits per heavy atom. The van der Waals surface area contributed by atoms with Gasteiger partial charge in [-0.05, 0) is 48.4 Å². The molecule has 2 aromatic carbocycles. The molecule has 7 heteroatoms. The minimum Gasteiger partial charge on any atom is -0.330 e. The van der Waals surface area contributed by atoms with Gasteiger partial charge in [0.1, 0.15) is 0 Å². The average Bonchev–Trinajstić information content (AvgIpc) is 2.94. The molecule has 0 N–H and O–H groups in total. The number of sulfone groups is 1. The van der Waals surface area contributed by atoms with Crippen LogP contribution in [-0.4, -0.2) is 36.8 Å². The minimum atomic E-state index is -3.10. The van der Waals surface area contributed by atoms with Crippen LogP contribution < -0.4 is 0 Å². The van der Waals surface area contributed by atoms with Crippen molar-refractivity contribution in [3.63, 3.8) is 0 Å². The van der Waals surface area contributed by atoms with Crippen LogP contribution in [0.3, 0.4) is 0 Å². The first-order chi connectivity index (χ1) is 11.8. The third-order valence-corrected chi connectivity index (χ3v) is 6.52. The molecule has 0 aliphatic carbocycles. The number of carbonyl (C=O) groups excluding carboxylic acids is 1. The summed E-state index contributed by atoms with van der Waals surface area (Å²) < 4.78 is 23.7. The Labute approximate surface area is 157 Å². The number of carbonyl (C=O) groups is 1. The van der Waals surface area contributed by atoms with Crippen LogP contribution in [0, 0.1) is 0 Å². The second-order valence-electron chi connectivity index (χ2n) is 6.12. The molecule has 1 saturated heterocycles. The molecule has 132 valence electrons. The molecule has 0 bridgehead atoms. The van der Waals surface area contributed by atoms with Gasteiger partial charge >= 0.3 is 0 Å². The van der Waals surface area contributed by atoms with Crippen LogP contribution in [0.15, 0.2) is 48.5 Å². The lowest BCUT2D eigenvalue weighted by Gasteiger charge is -2.28. The monoisotopic (exact) mass is 397 g/mol. The van der Waals surface area contributed by atoms with Crippen molar-refractivity contribution < 1.29 is 13.2 Å². The fourth-order valence-corrected chi connectivity index (χ4v) is 4.92. The van der Waals surface area contributed by atoms with Crippen molar-refractivity contribution in [1.82, 2.24) is 4.90 Å². The first-order valence-corrected chi connectivity index (χ1v) is 10.4. The molecule has 1 fully saturated rings. The molecular weight excluding hydrogens is 381 g/mol. The molecule has 1 amide bonds. The number of nitrogens with zero attached hydrogens (tertiary/aromatic N) is 1. The summed E-state index contributed by atoms with van der Waals surface area (Å²) >= 11 is 11.8. The Bertz CT molecular complexity index is 864. The topological polar surface area (TPSA) is 54.5 Å². The van der Waals surface area contributed by atoms with Gasteiger partial charge in [0.25, 0.3) is 5.91 Å². The van der Waals surface area contributed by atoms with E-state index < -0.39 is 9.84 Å². The minimum absolute atomic E-state index is 0.0000799. The summed E-state index contributed by atoms with van der Waals surface area (Å²) in [6, 6.07) is 13.5. The number of halogens is 2. The van der Waals surface area contributed by atoms with Crippen LogP contribution in [-0.2, 0) is 16.4 Å². The molecule has 1 unspecified atom stereocenters. The van der Waals surface area contributed by atoms with Gasteiger partial charge in [0.05, 0.1) is 11.5 Å². The van der Waals surface area contributed by atoms with Gasteiger partial charge in [0.2, 0.25) is 0 Å². The molecule has 25 heavy (non-hydrogen) atoms. The summed E-state index contributed by atoms with van der Waals surface area (Å²) in [5.74, 6) is -0.0866. The van der Waals surface area contributed by atoms with Crippen molar-refractivity contribution in [2.45, 2.75) is 19.0 Å². The number of benzene rings is 2. The Kier molecular flexibility index (Phi) is 5.37. The highest BCUT2D eigenvalue weighted by atomic mass is 35.5. The molecule has 2 aromatic rings. The summed E-state index contributed by atoms with van der Waals surface area (Å²) in [6.07, 6.45) is 0.454. The lowest BCUT2D eigenvalue weighted by Crippen LogP contribution is -2.40. The molecular formula is C18H17Cl2NO3S. The van der Waals surface area contributed by atoms with Crippen LogP contribution in [0.1, 0.15) is 22.3 Å². The maximum absolute atomic E-state index is 13.0. The fraction of sp³-hybridized carbons (Fsp3) is 0.278. The summed E-state index contributed by atoms with van der Waals surface area (Å²) in [7, 11) is -3.10. The van der Waals surface area contributed by atoms with Crippen LogP contribution in [0.4, 0.5) is 0 Å². The molecule has 1 aliphatic rings. The molecule has 0 spiro atoms. The third-order valence-electron chi connectivity index (χ3n) is 4.27. The summed E-state index contributed by atoms with van der Waals surface area (Å²) in [5.41, 5.74) is 1.39. The molecule has 0 saturated carbocycles. The van der Waals surface area contributed by atoms with E-state index in [9.17, 15) is 13.2 Å². The maximum atomic E-state index is 13.0. The van der Waals surface area contributed by atoms with E-state index in [4.69, 9.17) is 23.2 Å². The Balaban J connectivity index is 1.89. The van der Waals surface area contributed by atoms with Crippen molar-refractivity contribution in [2.75, 3.05) is 11.5 Å². The van der Waals surface area contributed by atoms with Crippen molar-refractivity contribution in [1.29, 1.82) is 0 Å². The molecule has 0 aromatic heterocycles. The summed E-state index contributed by atoms with van der Waals surface area (Å²) in [6.45, 7) is 0.332. The van der Waals surface area contributed by atoms with E-state index in [1.807, 2.05) is 12.1 Å². The summed E-state index contributed by atoms with van der Waals surface area (Å²) in [4.78, 5) is 14.6. The van der Waals surface area contributed by atoms with Crippen molar-refractivity contribution in [3.8, 4) is 0 Å². The van der Waals surface area contributed by atoms with E-state index in [2.05, 4.69) is 0 Å². The van der Waals surface area contributed by atoms with Gasteiger partial charge in [-0.2, -0.15) is 0 Å². The number of amides is 1. The standard InChI is InChI=1S/C18H17Cl2NO3S/c19-15-5-1-13(2-6-15)11-21(17-9-10-25(23,24)12-17)18(22)14-3-7-16(20)8-4-14/h1-8,17H,9-12H2. The van der Waals surface area contributed by atoms with Gasteiger partial charge in [-0.15, -0.1) is 0 Å². The molecule has 1 aliphatic heterocycles. The first-order valence-electron chi connectivity index (χ1n) is 7.85. The van der Waals surface area contributed by atoms with E-state index in [0.717, 1.165) is 5.56 Å². The number of rotatable bonds is 4. The highest BCUT2D eigenvalue weighted by molar-refractivity contribution is 7.91. The largest absolute Gasteiger partial charge is 0.330 e. The maximum Gasteiger partial charge on any atom is 0.254 e. The fourth-order valence-electron chi connectivity index (χ4n) is 2.93. The second-order valence-corrected chi connectivity index (χ2v) is 9.22. The van der Waals surface area contributed by atoms with Crippen LogP contribution in [0.5, 0.6) is 0 Å². The first kappa shape index (κ1) is 18.2. The SMILES string of the molecule is O=C(c1ccc(Cl)cc1)N(Cc1ccc(Cl)cc1)C1CCS(=O)(=O)C1. The molecule has 3 rings (SSSR count). The quantitative estimate of drug-likeness (QED) is 0.787. The Morgan fingerprint density at radius 2 is 1.56 bits per heavy atom.